The topological polar surface area (TPSA) is 0 Å². The van der Waals surface area contributed by atoms with Crippen LogP contribution in [0, 0.1) is 0 Å². The highest BCUT2D eigenvalue weighted by Gasteiger charge is 2.38. The summed E-state index contributed by atoms with van der Waals surface area (Å²) in [6, 6.07) is 11.4. The number of piperidine rings is 1. The Morgan fingerprint density at radius 3 is 2.20 bits per heavy atom. The van der Waals surface area contributed by atoms with Gasteiger partial charge in [0, 0.05) is 11.8 Å². The van der Waals surface area contributed by atoms with Gasteiger partial charge in [0.05, 0.1) is 26.7 Å². The van der Waals surface area contributed by atoms with Crippen molar-refractivity contribution in [3.8, 4) is 0 Å². The highest BCUT2D eigenvalue weighted by molar-refractivity contribution is 5.26. The summed E-state index contributed by atoms with van der Waals surface area (Å²) in [5, 5.41) is 0. The lowest BCUT2D eigenvalue weighted by atomic mass is 9.76. The molecule has 0 spiro atoms. The molecule has 20 heavy (non-hydrogen) atoms. The van der Waals surface area contributed by atoms with Gasteiger partial charge in [-0.2, -0.15) is 0 Å². The minimum Gasteiger partial charge on any atom is -0.326 e. The summed E-state index contributed by atoms with van der Waals surface area (Å²) < 4.78 is 1.33. The molecule has 1 aliphatic heterocycles. The second-order valence-electron chi connectivity index (χ2n) is 7.45. The third-order valence-electron chi connectivity index (χ3n) is 5.97. The predicted octanol–water partition coefficient (Wildman–Crippen LogP) is 4.52. The van der Waals surface area contributed by atoms with Gasteiger partial charge in [0.2, 0.25) is 0 Å². The molecule has 1 heteroatoms. The fourth-order valence-electron chi connectivity index (χ4n) is 4.51. The molecule has 1 saturated carbocycles. The second-order valence-corrected chi connectivity index (χ2v) is 7.45. The number of hydrogen-bond donors (Lipinski definition) is 0. The van der Waals surface area contributed by atoms with Crippen LogP contribution in [0.4, 0.5) is 0 Å². The molecular weight excluding hydrogens is 242 g/mol. The monoisotopic (exact) mass is 272 g/mol. The van der Waals surface area contributed by atoms with Gasteiger partial charge in [-0.15, -0.1) is 0 Å². The van der Waals surface area contributed by atoms with E-state index in [2.05, 4.69) is 37.4 Å². The Hall–Kier alpha value is -0.820. The highest BCUT2D eigenvalue weighted by atomic mass is 15.3. The maximum absolute atomic E-state index is 2.49. The van der Waals surface area contributed by atoms with Crippen molar-refractivity contribution in [2.45, 2.75) is 56.8 Å². The summed E-state index contributed by atoms with van der Waals surface area (Å²) in [7, 11) is 2.49. The van der Waals surface area contributed by atoms with Crippen LogP contribution in [-0.2, 0) is 5.41 Å². The molecule has 0 radical (unpaired) electrons. The van der Waals surface area contributed by atoms with E-state index in [1.54, 1.807) is 5.56 Å². The van der Waals surface area contributed by atoms with Crippen LogP contribution in [0.5, 0.6) is 0 Å². The van der Waals surface area contributed by atoms with Crippen LogP contribution in [-0.4, -0.2) is 31.2 Å². The van der Waals surface area contributed by atoms with Gasteiger partial charge in [0.25, 0.3) is 0 Å². The van der Waals surface area contributed by atoms with Crippen molar-refractivity contribution < 1.29 is 4.48 Å². The molecule has 3 rings (SSSR count). The van der Waals surface area contributed by atoms with Crippen LogP contribution in [0.15, 0.2) is 30.3 Å². The molecule has 110 valence electrons. The van der Waals surface area contributed by atoms with Crippen LogP contribution >= 0.6 is 0 Å². The number of hydrogen-bond acceptors (Lipinski definition) is 0. The summed E-state index contributed by atoms with van der Waals surface area (Å²) in [6.45, 7) is 4.20. The van der Waals surface area contributed by atoms with Gasteiger partial charge in [0.15, 0.2) is 0 Å². The molecule has 0 bridgehead atoms. The first-order valence-electron chi connectivity index (χ1n) is 8.62. The number of rotatable bonds is 4. The first kappa shape index (κ1) is 14.1. The Kier molecular flexibility index (Phi) is 4.16. The second kappa shape index (κ2) is 5.89. The average molecular weight is 272 g/mol. The highest BCUT2D eigenvalue weighted by Crippen LogP contribution is 2.44. The Balaban J connectivity index is 1.72. The Labute approximate surface area is 124 Å². The van der Waals surface area contributed by atoms with Crippen molar-refractivity contribution in [1.29, 1.82) is 0 Å². The van der Waals surface area contributed by atoms with Crippen molar-refractivity contribution in [3.05, 3.63) is 35.9 Å². The largest absolute Gasteiger partial charge is 0.326 e. The smallest absolute Gasteiger partial charge is 0.0793 e. The van der Waals surface area contributed by atoms with E-state index in [0.717, 1.165) is 0 Å². The lowest BCUT2D eigenvalue weighted by Crippen LogP contribution is -2.50. The zero-order valence-corrected chi connectivity index (χ0v) is 13.1. The quantitative estimate of drug-likeness (QED) is 0.707. The van der Waals surface area contributed by atoms with Crippen LogP contribution in [0.3, 0.4) is 0 Å². The normalized spacial score (nSPS) is 24.6. The SMILES string of the molecule is C[N+]1(CCC2(c3ccccc3)CCCC2)CCCCC1. The predicted molar refractivity (Wildman–Crippen MR) is 85.8 cm³/mol. The fourth-order valence-corrected chi connectivity index (χ4v) is 4.51. The van der Waals surface area contributed by atoms with Gasteiger partial charge in [-0.3, -0.25) is 0 Å². The molecule has 1 aromatic rings. The van der Waals surface area contributed by atoms with E-state index in [4.69, 9.17) is 0 Å². The van der Waals surface area contributed by atoms with Gasteiger partial charge >= 0.3 is 0 Å². The number of quaternary nitrogens is 1. The van der Waals surface area contributed by atoms with E-state index in [0.29, 0.717) is 5.41 Å². The van der Waals surface area contributed by atoms with Gasteiger partial charge in [-0.1, -0.05) is 43.2 Å². The first-order chi connectivity index (χ1) is 9.73. The van der Waals surface area contributed by atoms with Crippen LogP contribution in [0.1, 0.15) is 56.9 Å². The molecule has 0 amide bonds. The molecule has 1 aromatic carbocycles. The lowest BCUT2D eigenvalue weighted by molar-refractivity contribution is -0.914. The summed E-state index contributed by atoms with van der Waals surface area (Å²) in [5.41, 5.74) is 2.11. The van der Waals surface area contributed by atoms with E-state index >= 15 is 0 Å². The van der Waals surface area contributed by atoms with Gasteiger partial charge in [-0.05, 0) is 37.7 Å². The van der Waals surface area contributed by atoms with Crippen LogP contribution < -0.4 is 0 Å². The van der Waals surface area contributed by atoms with Crippen molar-refractivity contribution in [2.24, 2.45) is 0 Å². The molecule has 0 atom stereocenters. The molecule has 0 unspecified atom stereocenters. The maximum Gasteiger partial charge on any atom is 0.0793 e. The summed E-state index contributed by atoms with van der Waals surface area (Å²) in [6.07, 6.45) is 11.4. The summed E-state index contributed by atoms with van der Waals surface area (Å²) in [5.74, 6) is 0. The van der Waals surface area contributed by atoms with Gasteiger partial charge in [-0.25, -0.2) is 0 Å². The first-order valence-corrected chi connectivity index (χ1v) is 8.62. The molecule has 2 fully saturated rings. The van der Waals surface area contributed by atoms with Gasteiger partial charge in [0.1, 0.15) is 0 Å². The molecule has 1 heterocycles. The van der Waals surface area contributed by atoms with E-state index in [1.165, 1.54) is 75.5 Å². The van der Waals surface area contributed by atoms with E-state index < -0.39 is 0 Å². The van der Waals surface area contributed by atoms with Crippen molar-refractivity contribution >= 4 is 0 Å². The Morgan fingerprint density at radius 2 is 1.55 bits per heavy atom. The standard InChI is InChI=1S/C19H30N/c1-20(15-8-3-9-16-20)17-14-19(12-6-7-13-19)18-10-4-2-5-11-18/h2,4-5,10-11H,3,6-9,12-17H2,1H3/q+1. The lowest BCUT2D eigenvalue weighted by Gasteiger charge is -2.41. The summed E-state index contributed by atoms with van der Waals surface area (Å²) in [4.78, 5) is 0. The maximum atomic E-state index is 2.49. The minimum absolute atomic E-state index is 0.500. The fraction of sp³-hybridized carbons (Fsp3) is 0.684. The third kappa shape index (κ3) is 2.93. The van der Waals surface area contributed by atoms with Crippen LogP contribution in [0.25, 0.3) is 0 Å². The van der Waals surface area contributed by atoms with E-state index in [1.807, 2.05) is 0 Å². The molecular formula is C19H30N+. The molecule has 0 N–H and O–H groups in total. The number of likely N-dealkylation sites (tertiary alicyclic amines) is 1. The molecule has 0 aromatic heterocycles. The minimum atomic E-state index is 0.500. The molecule has 2 aliphatic rings. The Bertz CT molecular complexity index is 411. The Morgan fingerprint density at radius 1 is 0.900 bits per heavy atom. The number of nitrogens with zero attached hydrogens (tertiary/aromatic N) is 1. The van der Waals surface area contributed by atoms with Gasteiger partial charge < -0.3 is 4.48 Å². The molecule has 1 saturated heterocycles. The third-order valence-corrected chi connectivity index (χ3v) is 5.97. The zero-order chi connectivity index (χ0) is 13.9. The van der Waals surface area contributed by atoms with Crippen LogP contribution in [0.2, 0.25) is 0 Å². The van der Waals surface area contributed by atoms with Crippen molar-refractivity contribution in [3.63, 3.8) is 0 Å². The molecule has 1 aliphatic carbocycles. The van der Waals surface area contributed by atoms with E-state index in [-0.39, 0.29) is 0 Å². The molecule has 1 nitrogen and oxygen atoms in total. The van der Waals surface area contributed by atoms with Crippen molar-refractivity contribution in [2.75, 3.05) is 26.7 Å². The number of benzene rings is 1. The zero-order valence-electron chi connectivity index (χ0n) is 13.1. The van der Waals surface area contributed by atoms with Crippen molar-refractivity contribution in [1.82, 2.24) is 0 Å². The van der Waals surface area contributed by atoms with E-state index in [9.17, 15) is 0 Å². The average Bonchev–Trinajstić information content (AvgIpc) is 2.97. The summed E-state index contributed by atoms with van der Waals surface area (Å²) >= 11 is 0.